The summed E-state index contributed by atoms with van der Waals surface area (Å²) < 4.78 is 0. The molecule has 0 bridgehead atoms. The van der Waals surface area contributed by atoms with E-state index in [4.69, 9.17) is 10.2 Å². The van der Waals surface area contributed by atoms with Gasteiger partial charge in [-0.3, -0.25) is 9.59 Å². The molecule has 0 saturated carbocycles. The number of amides is 2. The lowest BCUT2D eigenvalue weighted by Crippen LogP contribution is -2.51. The number of nitrogens with one attached hydrogen (secondary N) is 2. The lowest BCUT2D eigenvalue weighted by atomic mass is 10.0. The van der Waals surface area contributed by atoms with E-state index in [0.717, 1.165) is 0 Å². The summed E-state index contributed by atoms with van der Waals surface area (Å²) in [5.41, 5.74) is 0. The second kappa shape index (κ2) is 8.05. The van der Waals surface area contributed by atoms with Gasteiger partial charge in [0.2, 0.25) is 0 Å². The van der Waals surface area contributed by atoms with Gasteiger partial charge in [0.15, 0.2) is 0 Å². The Morgan fingerprint density at radius 1 is 0.833 bits per heavy atom. The third-order valence-electron chi connectivity index (χ3n) is 2.84. The van der Waals surface area contributed by atoms with Gasteiger partial charge in [0, 0.05) is 0 Å². The molecule has 0 rings (SSSR count). The lowest BCUT2D eigenvalue weighted by molar-refractivity contribution is -0.140. The van der Waals surface area contributed by atoms with Gasteiger partial charge < -0.3 is 20.8 Å². The summed E-state index contributed by atoms with van der Waals surface area (Å²) in [7, 11) is 0. The molecule has 0 spiro atoms. The maximum atomic E-state index is 11.6. The Morgan fingerprint density at radius 2 is 1.11 bits per heavy atom. The van der Waals surface area contributed by atoms with Crippen molar-refractivity contribution in [3.63, 3.8) is 0 Å². The van der Waals surface area contributed by atoms with Crippen molar-refractivity contribution in [2.24, 2.45) is 11.8 Å². The molecule has 0 saturated heterocycles. The summed E-state index contributed by atoms with van der Waals surface area (Å²) in [6, 6.07) is -0.898. The van der Waals surface area contributed by atoms with E-state index in [2.05, 4.69) is 10.6 Å². The number of hydrogen-bond acceptors (Lipinski definition) is 4. The zero-order valence-corrected chi connectivity index (χ0v) is 11.4. The molecule has 0 radical (unpaired) electrons. The normalized spacial score (nSPS) is 14.4. The number of carbonyl (C=O) groups is 2. The summed E-state index contributed by atoms with van der Waals surface area (Å²) in [5.74, 6) is -1.51. The Labute approximate surface area is 108 Å². The maximum Gasteiger partial charge on any atom is 0.309 e. The molecule has 0 aromatic carbocycles. The molecule has 0 aliphatic carbocycles. The fourth-order valence-corrected chi connectivity index (χ4v) is 1.31. The second-order valence-electron chi connectivity index (χ2n) is 5.01. The SMILES string of the molecule is CC(C)[C@H](CO)NC(=O)C(=O)N[C@@H](CO)C(C)C. The molecule has 2 amide bonds. The number of aliphatic hydroxyl groups excluding tert-OH is 2. The summed E-state index contributed by atoms with van der Waals surface area (Å²) in [4.78, 5) is 23.1. The van der Waals surface area contributed by atoms with Crippen molar-refractivity contribution in [2.75, 3.05) is 13.2 Å². The van der Waals surface area contributed by atoms with E-state index in [1.54, 1.807) is 0 Å². The van der Waals surface area contributed by atoms with Crippen LogP contribution in [-0.4, -0.2) is 47.3 Å². The number of hydrogen-bond donors (Lipinski definition) is 4. The Morgan fingerprint density at radius 3 is 1.28 bits per heavy atom. The molecule has 0 aliphatic rings. The van der Waals surface area contributed by atoms with Crippen molar-refractivity contribution in [2.45, 2.75) is 39.8 Å². The molecule has 6 heteroatoms. The summed E-state index contributed by atoms with van der Waals surface area (Å²) in [5, 5.41) is 23.0. The third-order valence-corrected chi connectivity index (χ3v) is 2.84. The molecule has 0 aliphatic heterocycles. The number of aliphatic hydroxyl groups is 2. The van der Waals surface area contributed by atoms with Crippen LogP contribution in [0.25, 0.3) is 0 Å². The minimum absolute atomic E-state index is 0.0329. The first-order valence-corrected chi connectivity index (χ1v) is 6.16. The fourth-order valence-electron chi connectivity index (χ4n) is 1.31. The summed E-state index contributed by atoms with van der Waals surface area (Å²) >= 11 is 0. The molecule has 0 aromatic rings. The molecule has 0 heterocycles. The highest BCUT2D eigenvalue weighted by Gasteiger charge is 2.23. The van der Waals surface area contributed by atoms with Crippen LogP contribution in [0.2, 0.25) is 0 Å². The standard InChI is InChI=1S/C12H24N2O4/c1-7(2)9(5-15)13-11(17)12(18)14-10(6-16)8(3)4/h7-10,15-16H,5-6H2,1-4H3,(H,13,17)(H,14,18)/t9-,10-/m0/s1. The van der Waals surface area contributed by atoms with Crippen LogP contribution < -0.4 is 10.6 Å². The van der Waals surface area contributed by atoms with Gasteiger partial charge in [0.05, 0.1) is 25.3 Å². The first-order valence-electron chi connectivity index (χ1n) is 6.16. The molecule has 18 heavy (non-hydrogen) atoms. The van der Waals surface area contributed by atoms with Gasteiger partial charge in [-0.2, -0.15) is 0 Å². The van der Waals surface area contributed by atoms with Gasteiger partial charge in [-0.15, -0.1) is 0 Å². The second-order valence-corrected chi connectivity index (χ2v) is 5.01. The lowest BCUT2D eigenvalue weighted by Gasteiger charge is -2.22. The first kappa shape index (κ1) is 16.9. The summed E-state index contributed by atoms with van der Waals surface area (Å²) in [6.45, 7) is 6.91. The Bertz CT molecular complexity index is 251. The van der Waals surface area contributed by atoms with E-state index < -0.39 is 23.9 Å². The van der Waals surface area contributed by atoms with Gasteiger partial charge in [-0.1, -0.05) is 27.7 Å². The minimum atomic E-state index is -0.790. The fraction of sp³-hybridized carbons (Fsp3) is 0.833. The van der Waals surface area contributed by atoms with Gasteiger partial charge in [-0.05, 0) is 11.8 Å². The Kier molecular flexibility index (Phi) is 7.54. The highest BCUT2D eigenvalue weighted by Crippen LogP contribution is 2.02. The number of carbonyl (C=O) groups excluding carboxylic acids is 2. The average Bonchev–Trinajstić information content (AvgIpc) is 2.31. The van der Waals surface area contributed by atoms with E-state index in [-0.39, 0.29) is 25.0 Å². The molecule has 4 N–H and O–H groups in total. The molecular formula is C12H24N2O4. The van der Waals surface area contributed by atoms with Gasteiger partial charge in [0.1, 0.15) is 0 Å². The van der Waals surface area contributed by atoms with E-state index in [9.17, 15) is 9.59 Å². The molecule has 0 fully saturated rings. The van der Waals surface area contributed by atoms with Gasteiger partial charge >= 0.3 is 11.8 Å². The molecule has 2 atom stereocenters. The number of rotatable bonds is 6. The largest absolute Gasteiger partial charge is 0.394 e. The predicted octanol–water partition coefficient (Wildman–Crippen LogP) is -0.747. The molecule has 6 nitrogen and oxygen atoms in total. The topological polar surface area (TPSA) is 98.7 Å². The van der Waals surface area contributed by atoms with E-state index in [1.807, 2.05) is 27.7 Å². The van der Waals surface area contributed by atoms with Crippen LogP contribution in [0.15, 0.2) is 0 Å². The minimum Gasteiger partial charge on any atom is -0.394 e. The predicted molar refractivity (Wildman–Crippen MR) is 67.7 cm³/mol. The Hall–Kier alpha value is -1.14. The Balaban J connectivity index is 4.38. The van der Waals surface area contributed by atoms with Crippen molar-refractivity contribution in [1.29, 1.82) is 0 Å². The zero-order valence-electron chi connectivity index (χ0n) is 11.4. The van der Waals surface area contributed by atoms with E-state index in [1.165, 1.54) is 0 Å². The zero-order chi connectivity index (χ0) is 14.3. The van der Waals surface area contributed by atoms with Crippen LogP contribution in [0, 0.1) is 11.8 Å². The molecule has 0 unspecified atom stereocenters. The van der Waals surface area contributed by atoms with Crippen molar-refractivity contribution in [1.82, 2.24) is 10.6 Å². The highest BCUT2D eigenvalue weighted by molar-refractivity contribution is 6.35. The van der Waals surface area contributed by atoms with Gasteiger partial charge in [-0.25, -0.2) is 0 Å². The maximum absolute atomic E-state index is 11.6. The van der Waals surface area contributed by atoms with E-state index >= 15 is 0 Å². The first-order chi connectivity index (χ1) is 8.33. The molecule has 0 aromatic heterocycles. The third kappa shape index (κ3) is 5.46. The average molecular weight is 260 g/mol. The van der Waals surface area contributed by atoms with Crippen LogP contribution in [0.5, 0.6) is 0 Å². The van der Waals surface area contributed by atoms with Crippen molar-refractivity contribution in [3.05, 3.63) is 0 Å². The molecular weight excluding hydrogens is 236 g/mol. The van der Waals surface area contributed by atoms with Crippen LogP contribution >= 0.6 is 0 Å². The molecule has 106 valence electrons. The van der Waals surface area contributed by atoms with Crippen molar-refractivity contribution in [3.8, 4) is 0 Å². The van der Waals surface area contributed by atoms with Crippen LogP contribution in [0.1, 0.15) is 27.7 Å². The van der Waals surface area contributed by atoms with Crippen molar-refractivity contribution >= 4 is 11.8 Å². The van der Waals surface area contributed by atoms with Crippen molar-refractivity contribution < 1.29 is 19.8 Å². The smallest absolute Gasteiger partial charge is 0.309 e. The monoisotopic (exact) mass is 260 g/mol. The van der Waals surface area contributed by atoms with Crippen LogP contribution in [-0.2, 0) is 9.59 Å². The van der Waals surface area contributed by atoms with E-state index in [0.29, 0.717) is 0 Å². The van der Waals surface area contributed by atoms with Crippen LogP contribution in [0.3, 0.4) is 0 Å². The quantitative estimate of drug-likeness (QED) is 0.472. The van der Waals surface area contributed by atoms with Crippen LogP contribution in [0.4, 0.5) is 0 Å². The van der Waals surface area contributed by atoms with Gasteiger partial charge in [0.25, 0.3) is 0 Å². The highest BCUT2D eigenvalue weighted by atomic mass is 16.3. The summed E-state index contributed by atoms with van der Waals surface area (Å²) in [6.07, 6.45) is 0.